The van der Waals surface area contributed by atoms with Crippen LogP contribution in [0.3, 0.4) is 0 Å². The van der Waals surface area contributed by atoms with E-state index >= 15 is 0 Å². The minimum Gasteiger partial charge on any atom is -0.475 e. The number of fused-ring (bicyclic) bond motifs is 1. The molecular weight excluding hydrogens is 364 g/mol. The second-order valence-corrected chi connectivity index (χ2v) is 6.35. The molecule has 1 aromatic heterocycles. The van der Waals surface area contributed by atoms with Crippen LogP contribution in [-0.4, -0.2) is 11.1 Å². The first kappa shape index (κ1) is 13.6. The molecule has 0 aliphatic rings. The van der Waals surface area contributed by atoms with E-state index < -0.39 is 5.97 Å². The van der Waals surface area contributed by atoms with E-state index in [-0.39, 0.29) is 5.76 Å². The molecule has 0 bridgehead atoms. The highest BCUT2D eigenvalue weighted by Gasteiger charge is 2.22. The SMILES string of the molecule is CC(C)Cc1c(C(=O)O)oc2c(Br)cc(Br)cc12. The van der Waals surface area contributed by atoms with E-state index in [1.807, 2.05) is 12.1 Å². The summed E-state index contributed by atoms with van der Waals surface area (Å²) in [4.78, 5) is 11.2. The van der Waals surface area contributed by atoms with Gasteiger partial charge in [0.15, 0.2) is 0 Å². The molecule has 0 saturated heterocycles. The molecule has 0 saturated carbocycles. The van der Waals surface area contributed by atoms with Crippen molar-refractivity contribution >= 4 is 48.8 Å². The van der Waals surface area contributed by atoms with Gasteiger partial charge >= 0.3 is 5.97 Å². The summed E-state index contributed by atoms with van der Waals surface area (Å²) < 4.78 is 7.13. The van der Waals surface area contributed by atoms with Crippen molar-refractivity contribution in [3.63, 3.8) is 0 Å². The topological polar surface area (TPSA) is 50.4 Å². The zero-order valence-corrected chi connectivity index (χ0v) is 13.1. The minimum atomic E-state index is -1.02. The van der Waals surface area contributed by atoms with Crippen molar-refractivity contribution in [1.82, 2.24) is 0 Å². The molecular formula is C13H12Br2O3. The van der Waals surface area contributed by atoms with Gasteiger partial charge in [0, 0.05) is 15.4 Å². The van der Waals surface area contributed by atoms with Crippen molar-refractivity contribution in [1.29, 1.82) is 0 Å². The van der Waals surface area contributed by atoms with E-state index in [1.165, 1.54) is 0 Å². The summed E-state index contributed by atoms with van der Waals surface area (Å²) in [6, 6.07) is 3.74. The summed E-state index contributed by atoms with van der Waals surface area (Å²) in [5.41, 5.74) is 1.35. The van der Waals surface area contributed by atoms with Crippen molar-refractivity contribution in [2.24, 2.45) is 5.92 Å². The second kappa shape index (κ2) is 5.05. The predicted octanol–water partition coefficient (Wildman–Crippen LogP) is 4.85. The summed E-state index contributed by atoms with van der Waals surface area (Å²) in [5.74, 6) is -0.621. The molecule has 0 atom stereocenters. The van der Waals surface area contributed by atoms with E-state index in [2.05, 4.69) is 45.7 Å². The standard InChI is InChI=1S/C13H12Br2O3/c1-6(2)3-8-9-4-7(14)5-10(15)11(9)18-12(8)13(16)17/h4-6H,3H2,1-2H3,(H,16,17). The maximum atomic E-state index is 11.2. The van der Waals surface area contributed by atoms with Crippen LogP contribution in [0, 0.1) is 5.92 Å². The third kappa shape index (κ3) is 2.47. The molecule has 1 aromatic carbocycles. The Morgan fingerprint density at radius 1 is 1.39 bits per heavy atom. The van der Waals surface area contributed by atoms with Crippen LogP contribution in [0.4, 0.5) is 0 Å². The molecule has 0 fully saturated rings. The van der Waals surface area contributed by atoms with E-state index in [1.54, 1.807) is 0 Å². The molecule has 1 N–H and O–H groups in total. The van der Waals surface area contributed by atoms with Crippen molar-refractivity contribution in [3.8, 4) is 0 Å². The van der Waals surface area contributed by atoms with Gasteiger partial charge in [0.1, 0.15) is 5.58 Å². The number of hydrogen-bond donors (Lipinski definition) is 1. The van der Waals surface area contributed by atoms with Gasteiger partial charge in [0.2, 0.25) is 5.76 Å². The lowest BCUT2D eigenvalue weighted by molar-refractivity contribution is 0.0663. The summed E-state index contributed by atoms with van der Waals surface area (Å²) in [6.45, 7) is 4.11. The van der Waals surface area contributed by atoms with Crippen molar-refractivity contribution in [2.45, 2.75) is 20.3 Å². The molecule has 18 heavy (non-hydrogen) atoms. The average Bonchev–Trinajstić information content (AvgIpc) is 2.57. The molecule has 2 rings (SSSR count). The van der Waals surface area contributed by atoms with E-state index in [0.717, 1.165) is 19.9 Å². The Hall–Kier alpha value is -0.810. The van der Waals surface area contributed by atoms with Gasteiger partial charge in [-0.05, 0) is 40.4 Å². The molecule has 0 unspecified atom stereocenters. The number of hydrogen-bond acceptors (Lipinski definition) is 2. The molecule has 0 amide bonds. The zero-order chi connectivity index (χ0) is 13.4. The molecule has 96 valence electrons. The smallest absolute Gasteiger partial charge is 0.372 e. The summed E-state index contributed by atoms with van der Waals surface area (Å²) in [7, 11) is 0. The Morgan fingerprint density at radius 3 is 2.61 bits per heavy atom. The number of rotatable bonds is 3. The van der Waals surface area contributed by atoms with Crippen LogP contribution < -0.4 is 0 Å². The Kier molecular flexibility index (Phi) is 3.82. The lowest BCUT2D eigenvalue weighted by Gasteiger charge is -2.04. The van der Waals surface area contributed by atoms with Crippen LogP contribution in [-0.2, 0) is 6.42 Å². The number of aromatic carboxylic acids is 1. The van der Waals surface area contributed by atoms with Gasteiger partial charge in [-0.25, -0.2) is 4.79 Å². The van der Waals surface area contributed by atoms with Crippen LogP contribution in [0.2, 0.25) is 0 Å². The normalized spacial score (nSPS) is 11.4. The van der Waals surface area contributed by atoms with Gasteiger partial charge in [-0.15, -0.1) is 0 Å². The number of halogens is 2. The average molecular weight is 376 g/mol. The van der Waals surface area contributed by atoms with Gasteiger partial charge in [-0.3, -0.25) is 0 Å². The quantitative estimate of drug-likeness (QED) is 0.833. The van der Waals surface area contributed by atoms with Crippen LogP contribution in [0.1, 0.15) is 30.0 Å². The lowest BCUT2D eigenvalue weighted by atomic mass is 10.00. The van der Waals surface area contributed by atoms with Crippen molar-refractivity contribution in [3.05, 3.63) is 32.4 Å². The Labute approximate surface area is 121 Å². The number of carbonyl (C=O) groups is 1. The van der Waals surface area contributed by atoms with Crippen LogP contribution in [0.5, 0.6) is 0 Å². The Morgan fingerprint density at radius 2 is 2.06 bits per heavy atom. The van der Waals surface area contributed by atoms with Gasteiger partial charge in [-0.2, -0.15) is 0 Å². The van der Waals surface area contributed by atoms with E-state index in [0.29, 0.717) is 17.9 Å². The predicted molar refractivity (Wildman–Crippen MR) is 77.1 cm³/mol. The van der Waals surface area contributed by atoms with Crippen molar-refractivity contribution < 1.29 is 14.3 Å². The molecule has 0 aliphatic heterocycles. The Bertz CT molecular complexity index is 614. The molecule has 0 aliphatic carbocycles. The van der Waals surface area contributed by atoms with Crippen LogP contribution in [0.25, 0.3) is 11.0 Å². The number of benzene rings is 1. The highest BCUT2D eigenvalue weighted by atomic mass is 79.9. The second-order valence-electron chi connectivity index (χ2n) is 4.58. The van der Waals surface area contributed by atoms with E-state index in [4.69, 9.17) is 4.42 Å². The maximum absolute atomic E-state index is 11.2. The first-order valence-electron chi connectivity index (χ1n) is 5.54. The van der Waals surface area contributed by atoms with Crippen LogP contribution in [0.15, 0.2) is 25.5 Å². The number of carboxylic acid groups (broad SMARTS) is 1. The summed E-state index contributed by atoms with van der Waals surface area (Å²) >= 11 is 6.80. The Balaban J connectivity index is 2.76. The largest absolute Gasteiger partial charge is 0.475 e. The fraction of sp³-hybridized carbons (Fsp3) is 0.308. The molecule has 2 aromatic rings. The van der Waals surface area contributed by atoms with E-state index in [9.17, 15) is 9.90 Å². The van der Waals surface area contributed by atoms with Crippen molar-refractivity contribution in [2.75, 3.05) is 0 Å². The molecule has 0 radical (unpaired) electrons. The van der Waals surface area contributed by atoms with Crippen LogP contribution >= 0.6 is 31.9 Å². The fourth-order valence-electron chi connectivity index (χ4n) is 1.96. The maximum Gasteiger partial charge on any atom is 0.372 e. The van der Waals surface area contributed by atoms with Gasteiger partial charge in [0.25, 0.3) is 0 Å². The third-order valence-electron chi connectivity index (χ3n) is 2.62. The molecule has 1 heterocycles. The molecule has 0 spiro atoms. The first-order valence-corrected chi connectivity index (χ1v) is 7.12. The summed E-state index contributed by atoms with van der Waals surface area (Å²) in [5, 5.41) is 10.1. The lowest BCUT2D eigenvalue weighted by Crippen LogP contribution is -2.02. The zero-order valence-electron chi connectivity index (χ0n) is 9.96. The molecule has 5 heteroatoms. The molecule has 3 nitrogen and oxygen atoms in total. The van der Waals surface area contributed by atoms with Gasteiger partial charge in [-0.1, -0.05) is 29.8 Å². The first-order chi connectivity index (χ1) is 8.40. The fourth-order valence-corrected chi connectivity index (χ4v) is 3.26. The number of carboxylic acids is 1. The third-order valence-corrected chi connectivity index (χ3v) is 3.67. The van der Waals surface area contributed by atoms with Gasteiger partial charge in [0.05, 0.1) is 4.47 Å². The monoisotopic (exact) mass is 374 g/mol. The highest BCUT2D eigenvalue weighted by Crippen LogP contribution is 2.35. The van der Waals surface area contributed by atoms with Gasteiger partial charge < -0.3 is 9.52 Å². The number of furan rings is 1. The minimum absolute atomic E-state index is 0.0394. The highest BCUT2D eigenvalue weighted by molar-refractivity contribution is 9.11. The summed E-state index contributed by atoms with van der Waals surface area (Å²) in [6.07, 6.45) is 0.678.